The second-order valence-corrected chi connectivity index (χ2v) is 6.92. The molecule has 1 aromatic rings. The average Bonchev–Trinajstić information content (AvgIpc) is 3.01. The van der Waals surface area contributed by atoms with Gasteiger partial charge in [-0.15, -0.1) is 5.10 Å². The first-order valence-electron chi connectivity index (χ1n) is 7.17. The molecule has 3 rings (SSSR count). The van der Waals surface area contributed by atoms with E-state index in [0.29, 0.717) is 17.7 Å². The van der Waals surface area contributed by atoms with Crippen LogP contribution in [0.1, 0.15) is 56.5 Å². The Morgan fingerprint density at radius 3 is 2.42 bits per heavy atom. The molecule has 1 aliphatic heterocycles. The fraction of sp³-hybridized carbons (Fsp3) is 0.786. The third-order valence-corrected chi connectivity index (χ3v) is 4.40. The van der Waals surface area contributed by atoms with Crippen LogP contribution in [0.2, 0.25) is 0 Å². The highest BCUT2D eigenvalue weighted by molar-refractivity contribution is 5.90. The molecule has 1 N–H and O–H groups in total. The number of hydrogen-bond donors (Lipinski definition) is 1. The zero-order valence-electron chi connectivity index (χ0n) is 11.9. The Morgan fingerprint density at radius 1 is 1.26 bits per heavy atom. The predicted molar refractivity (Wildman–Crippen MR) is 71.8 cm³/mol. The van der Waals surface area contributed by atoms with E-state index in [-0.39, 0.29) is 11.3 Å². The molecule has 1 saturated carbocycles. The molecule has 2 aliphatic rings. The summed E-state index contributed by atoms with van der Waals surface area (Å²) in [5, 5.41) is 6.99. The Labute approximate surface area is 113 Å². The van der Waals surface area contributed by atoms with Crippen LogP contribution in [-0.4, -0.2) is 39.1 Å². The molecule has 0 spiro atoms. The quantitative estimate of drug-likeness (QED) is 0.841. The van der Waals surface area contributed by atoms with E-state index >= 15 is 0 Å². The molecule has 0 aromatic carbocycles. The monoisotopic (exact) mass is 262 g/mol. The highest BCUT2D eigenvalue weighted by Gasteiger charge is 2.39. The Kier molecular flexibility index (Phi) is 2.87. The molecule has 104 valence electrons. The minimum Gasteiger partial charge on any atom is -0.335 e. The maximum atomic E-state index is 12.4. The van der Waals surface area contributed by atoms with Gasteiger partial charge in [0.05, 0.1) is 0 Å². The third-order valence-electron chi connectivity index (χ3n) is 4.40. The summed E-state index contributed by atoms with van der Waals surface area (Å²) in [4.78, 5) is 18.7. The minimum atomic E-state index is -0.104. The van der Waals surface area contributed by atoms with Gasteiger partial charge in [-0.25, -0.2) is 4.98 Å². The maximum Gasteiger partial charge on any atom is 0.293 e. The second kappa shape index (κ2) is 4.32. The summed E-state index contributed by atoms with van der Waals surface area (Å²) in [7, 11) is 0. The molecule has 5 heteroatoms. The zero-order chi connectivity index (χ0) is 13.6. The lowest BCUT2D eigenvalue weighted by atomic mass is 9.96. The summed E-state index contributed by atoms with van der Waals surface area (Å²) < 4.78 is 0. The van der Waals surface area contributed by atoms with Crippen molar-refractivity contribution in [3.63, 3.8) is 0 Å². The van der Waals surface area contributed by atoms with E-state index in [2.05, 4.69) is 36.0 Å². The molecule has 19 heavy (non-hydrogen) atoms. The molecule has 1 amide bonds. The summed E-state index contributed by atoms with van der Waals surface area (Å²) in [5.74, 6) is 2.51. The van der Waals surface area contributed by atoms with Gasteiger partial charge in [-0.3, -0.25) is 9.89 Å². The van der Waals surface area contributed by atoms with Gasteiger partial charge in [0, 0.05) is 18.5 Å². The van der Waals surface area contributed by atoms with Crippen molar-refractivity contribution in [2.45, 2.75) is 45.4 Å². The van der Waals surface area contributed by atoms with Crippen molar-refractivity contribution >= 4 is 5.91 Å². The number of nitrogens with one attached hydrogen (secondary N) is 1. The summed E-state index contributed by atoms with van der Waals surface area (Å²) >= 11 is 0. The maximum absolute atomic E-state index is 12.4. The Balaban J connectivity index is 1.73. The zero-order valence-corrected chi connectivity index (χ0v) is 11.9. The van der Waals surface area contributed by atoms with Gasteiger partial charge in [0.2, 0.25) is 5.82 Å². The average molecular weight is 262 g/mol. The highest BCUT2D eigenvalue weighted by Crippen LogP contribution is 2.38. The molecular weight excluding hydrogens is 240 g/mol. The van der Waals surface area contributed by atoms with Crippen LogP contribution < -0.4 is 0 Å². The van der Waals surface area contributed by atoms with E-state index in [1.165, 1.54) is 19.3 Å². The second-order valence-electron chi connectivity index (χ2n) is 6.92. The normalized spacial score (nSPS) is 26.8. The molecule has 2 heterocycles. The van der Waals surface area contributed by atoms with Crippen molar-refractivity contribution in [3.05, 3.63) is 11.6 Å². The van der Waals surface area contributed by atoms with Gasteiger partial charge in [-0.05, 0) is 24.7 Å². The van der Waals surface area contributed by atoms with Gasteiger partial charge in [0.25, 0.3) is 5.91 Å². The van der Waals surface area contributed by atoms with E-state index in [9.17, 15) is 4.79 Å². The van der Waals surface area contributed by atoms with Crippen LogP contribution in [-0.2, 0) is 5.41 Å². The molecule has 1 aliphatic carbocycles. The molecule has 0 bridgehead atoms. The van der Waals surface area contributed by atoms with Gasteiger partial charge in [0.15, 0.2) is 0 Å². The fourth-order valence-corrected chi connectivity index (χ4v) is 3.24. The van der Waals surface area contributed by atoms with Crippen molar-refractivity contribution in [2.24, 2.45) is 11.8 Å². The smallest absolute Gasteiger partial charge is 0.293 e. The molecule has 1 saturated heterocycles. The SMILES string of the molecule is CC(C)(C)c1nc(C(=O)N2CC3CCCC3C2)n[nH]1. The van der Waals surface area contributed by atoms with E-state index in [0.717, 1.165) is 18.9 Å². The van der Waals surface area contributed by atoms with E-state index in [1.54, 1.807) is 0 Å². The van der Waals surface area contributed by atoms with Crippen LogP contribution in [0.4, 0.5) is 0 Å². The number of rotatable bonds is 1. The predicted octanol–water partition coefficient (Wildman–Crippen LogP) is 1.97. The molecule has 2 atom stereocenters. The van der Waals surface area contributed by atoms with Crippen molar-refractivity contribution < 1.29 is 4.79 Å². The minimum absolute atomic E-state index is 0.0128. The molecule has 0 radical (unpaired) electrons. The van der Waals surface area contributed by atoms with Gasteiger partial charge in [0.1, 0.15) is 5.82 Å². The molecule has 2 unspecified atom stereocenters. The van der Waals surface area contributed by atoms with Gasteiger partial charge in [-0.1, -0.05) is 27.2 Å². The summed E-state index contributed by atoms with van der Waals surface area (Å²) in [5.41, 5.74) is -0.104. The Morgan fingerprint density at radius 2 is 1.89 bits per heavy atom. The van der Waals surface area contributed by atoms with Crippen molar-refractivity contribution in [1.29, 1.82) is 0 Å². The lowest BCUT2D eigenvalue weighted by Gasteiger charge is -2.15. The lowest BCUT2D eigenvalue weighted by molar-refractivity contribution is 0.0769. The Hall–Kier alpha value is -1.39. The van der Waals surface area contributed by atoms with Crippen LogP contribution in [0.15, 0.2) is 0 Å². The van der Waals surface area contributed by atoms with Gasteiger partial charge < -0.3 is 4.90 Å². The number of H-pyrrole nitrogens is 1. The largest absolute Gasteiger partial charge is 0.335 e. The molecular formula is C14H22N4O. The lowest BCUT2D eigenvalue weighted by Crippen LogP contribution is -2.30. The number of carbonyl (C=O) groups is 1. The number of aromatic nitrogens is 3. The third kappa shape index (κ3) is 2.26. The van der Waals surface area contributed by atoms with Gasteiger partial charge >= 0.3 is 0 Å². The van der Waals surface area contributed by atoms with Crippen LogP contribution >= 0.6 is 0 Å². The number of likely N-dealkylation sites (tertiary alicyclic amines) is 1. The van der Waals surface area contributed by atoms with Crippen LogP contribution in [0.3, 0.4) is 0 Å². The Bertz CT molecular complexity index is 476. The number of nitrogens with zero attached hydrogens (tertiary/aromatic N) is 3. The summed E-state index contributed by atoms with van der Waals surface area (Å²) in [6.07, 6.45) is 3.87. The number of amides is 1. The number of aromatic amines is 1. The number of carbonyl (C=O) groups excluding carboxylic acids is 1. The topological polar surface area (TPSA) is 61.9 Å². The van der Waals surface area contributed by atoms with Crippen LogP contribution in [0, 0.1) is 11.8 Å². The fourth-order valence-electron chi connectivity index (χ4n) is 3.24. The number of fused-ring (bicyclic) bond motifs is 1. The van der Waals surface area contributed by atoms with E-state index < -0.39 is 0 Å². The molecule has 5 nitrogen and oxygen atoms in total. The van der Waals surface area contributed by atoms with Crippen molar-refractivity contribution in [3.8, 4) is 0 Å². The van der Waals surface area contributed by atoms with E-state index in [1.807, 2.05) is 4.90 Å². The van der Waals surface area contributed by atoms with E-state index in [4.69, 9.17) is 0 Å². The first-order chi connectivity index (χ1) is 8.95. The van der Waals surface area contributed by atoms with Gasteiger partial charge in [-0.2, -0.15) is 0 Å². The number of hydrogen-bond acceptors (Lipinski definition) is 3. The first-order valence-corrected chi connectivity index (χ1v) is 7.17. The highest BCUT2D eigenvalue weighted by atomic mass is 16.2. The first kappa shape index (κ1) is 12.6. The summed E-state index contributed by atoms with van der Waals surface area (Å²) in [6, 6.07) is 0. The standard InChI is InChI=1S/C14H22N4O/c1-14(2,3)13-15-11(16-17-13)12(19)18-7-9-5-4-6-10(9)8-18/h9-10H,4-8H2,1-3H3,(H,15,16,17). The molecule has 2 fully saturated rings. The summed E-state index contributed by atoms with van der Waals surface area (Å²) in [6.45, 7) is 7.96. The van der Waals surface area contributed by atoms with Crippen molar-refractivity contribution in [1.82, 2.24) is 20.1 Å². The van der Waals surface area contributed by atoms with Crippen LogP contribution in [0.5, 0.6) is 0 Å². The molecule has 1 aromatic heterocycles. The van der Waals surface area contributed by atoms with Crippen LogP contribution in [0.25, 0.3) is 0 Å². The van der Waals surface area contributed by atoms with Crippen molar-refractivity contribution in [2.75, 3.05) is 13.1 Å².